The summed E-state index contributed by atoms with van der Waals surface area (Å²) < 4.78 is 34.7. The number of aromatic nitrogens is 1. The number of ether oxygens (including phenoxy) is 2. The summed E-state index contributed by atoms with van der Waals surface area (Å²) in [6, 6.07) is 3.14. The second-order valence-corrected chi connectivity index (χ2v) is 6.23. The Labute approximate surface area is 93.3 Å². The van der Waals surface area contributed by atoms with Crippen molar-refractivity contribution in [3.63, 3.8) is 0 Å². The minimum Gasteiger partial charge on any atom is -0.465 e. The Balaban J connectivity index is 2.11. The highest BCUT2D eigenvalue weighted by molar-refractivity contribution is 7.91. The fourth-order valence-electron chi connectivity index (χ4n) is 1.91. The number of sulfone groups is 1. The van der Waals surface area contributed by atoms with Gasteiger partial charge in [0.2, 0.25) is 5.88 Å². The van der Waals surface area contributed by atoms with Crippen molar-refractivity contribution >= 4 is 9.84 Å². The van der Waals surface area contributed by atoms with Crippen molar-refractivity contribution < 1.29 is 17.9 Å². The average molecular weight is 241 g/mol. The molecule has 6 heteroatoms. The van der Waals surface area contributed by atoms with Gasteiger partial charge in [-0.2, -0.15) is 0 Å². The van der Waals surface area contributed by atoms with Crippen molar-refractivity contribution in [1.29, 1.82) is 0 Å². The average Bonchev–Trinajstić information content (AvgIpc) is 2.33. The van der Waals surface area contributed by atoms with Crippen molar-refractivity contribution in [2.75, 3.05) is 19.0 Å². The summed E-state index contributed by atoms with van der Waals surface area (Å²) in [6.07, 6.45) is 2.00. The van der Waals surface area contributed by atoms with Crippen LogP contribution in [0.1, 0.15) is 6.42 Å². The highest BCUT2D eigenvalue weighted by Crippen LogP contribution is 2.35. The molecule has 0 amide bonds. The lowest BCUT2D eigenvalue weighted by molar-refractivity contribution is -0.163. The maximum atomic E-state index is 12.0. The zero-order valence-electron chi connectivity index (χ0n) is 8.55. The third kappa shape index (κ3) is 1.41. The van der Waals surface area contributed by atoms with E-state index in [2.05, 4.69) is 4.98 Å². The SMILES string of the molecule is O=S1(=O)CCC2(COC2)Oc2ncccc21. The monoisotopic (exact) mass is 241 g/mol. The zero-order chi connectivity index (χ0) is 11.2. The first-order valence-corrected chi connectivity index (χ1v) is 6.71. The van der Waals surface area contributed by atoms with Crippen molar-refractivity contribution in [2.24, 2.45) is 0 Å². The molecule has 0 saturated carbocycles. The van der Waals surface area contributed by atoms with Gasteiger partial charge in [-0.1, -0.05) is 0 Å². The van der Waals surface area contributed by atoms with Crippen molar-refractivity contribution in [1.82, 2.24) is 4.98 Å². The molecule has 1 spiro atoms. The summed E-state index contributed by atoms with van der Waals surface area (Å²) in [7, 11) is -3.27. The lowest BCUT2D eigenvalue weighted by Gasteiger charge is -2.39. The highest BCUT2D eigenvalue weighted by Gasteiger charge is 2.45. The fourth-order valence-corrected chi connectivity index (χ4v) is 3.42. The van der Waals surface area contributed by atoms with E-state index < -0.39 is 15.4 Å². The number of fused-ring (bicyclic) bond motifs is 1. The lowest BCUT2D eigenvalue weighted by atomic mass is 9.99. The van der Waals surface area contributed by atoms with Gasteiger partial charge >= 0.3 is 0 Å². The molecule has 0 atom stereocenters. The van der Waals surface area contributed by atoms with E-state index in [1.54, 1.807) is 6.07 Å². The van der Waals surface area contributed by atoms with Gasteiger partial charge in [0.05, 0.1) is 19.0 Å². The molecule has 0 radical (unpaired) electrons. The Kier molecular flexibility index (Phi) is 1.99. The van der Waals surface area contributed by atoms with Crippen LogP contribution in [0.3, 0.4) is 0 Å². The first kappa shape index (κ1) is 10.0. The Morgan fingerprint density at radius 1 is 1.38 bits per heavy atom. The second-order valence-electron chi connectivity index (χ2n) is 4.15. The van der Waals surface area contributed by atoms with Crippen LogP contribution in [0.4, 0.5) is 0 Å². The van der Waals surface area contributed by atoms with Gasteiger partial charge < -0.3 is 9.47 Å². The molecule has 0 aromatic carbocycles. The molecule has 0 N–H and O–H groups in total. The molecule has 1 saturated heterocycles. The maximum absolute atomic E-state index is 12.0. The number of hydrogen-bond donors (Lipinski definition) is 0. The van der Waals surface area contributed by atoms with Crippen LogP contribution in [0.25, 0.3) is 0 Å². The molecule has 3 rings (SSSR count). The van der Waals surface area contributed by atoms with E-state index in [0.29, 0.717) is 19.6 Å². The van der Waals surface area contributed by atoms with Crippen LogP contribution in [0.5, 0.6) is 5.88 Å². The van der Waals surface area contributed by atoms with Crippen molar-refractivity contribution in [3.8, 4) is 5.88 Å². The third-order valence-electron chi connectivity index (χ3n) is 2.94. The molecule has 0 bridgehead atoms. The topological polar surface area (TPSA) is 65.5 Å². The number of pyridine rings is 1. The molecule has 16 heavy (non-hydrogen) atoms. The normalized spacial score (nSPS) is 25.0. The van der Waals surface area contributed by atoms with E-state index in [4.69, 9.17) is 9.47 Å². The summed E-state index contributed by atoms with van der Waals surface area (Å²) >= 11 is 0. The quantitative estimate of drug-likeness (QED) is 0.658. The smallest absolute Gasteiger partial charge is 0.233 e. The van der Waals surface area contributed by atoms with Gasteiger partial charge in [-0.15, -0.1) is 0 Å². The van der Waals surface area contributed by atoms with Crippen LogP contribution >= 0.6 is 0 Å². The predicted molar refractivity (Wildman–Crippen MR) is 55.1 cm³/mol. The predicted octanol–water partition coefficient (Wildman–Crippen LogP) is 0.407. The van der Waals surface area contributed by atoms with E-state index in [1.807, 2.05) is 0 Å². The number of hydrogen-bond acceptors (Lipinski definition) is 5. The first-order chi connectivity index (χ1) is 7.61. The maximum Gasteiger partial charge on any atom is 0.233 e. The Bertz CT molecular complexity index is 521. The van der Waals surface area contributed by atoms with Gasteiger partial charge in [0.1, 0.15) is 4.90 Å². The van der Waals surface area contributed by atoms with Gasteiger partial charge in [0.15, 0.2) is 15.4 Å². The number of nitrogens with zero attached hydrogens (tertiary/aromatic N) is 1. The van der Waals surface area contributed by atoms with Gasteiger partial charge in [0.25, 0.3) is 0 Å². The summed E-state index contributed by atoms with van der Waals surface area (Å²) in [5.41, 5.74) is -0.479. The standard InChI is InChI=1S/C10H11NO4S/c12-16(13)5-3-10(6-14-7-10)15-9-8(16)2-1-4-11-9/h1-2,4H,3,5-7H2. The molecule has 2 aliphatic rings. The van der Waals surface area contributed by atoms with E-state index >= 15 is 0 Å². The van der Waals surface area contributed by atoms with Crippen LogP contribution in [0.2, 0.25) is 0 Å². The summed E-state index contributed by atoms with van der Waals surface area (Å²) in [5.74, 6) is 0.304. The molecule has 86 valence electrons. The van der Waals surface area contributed by atoms with E-state index in [-0.39, 0.29) is 16.5 Å². The van der Waals surface area contributed by atoms with Crippen molar-refractivity contribution in [3.05, 3.63) is 18.3 Å². The van der Waals surface area contributed by atoms with E-state index in [9.17, 15) is 8.42 Å². The minimum atomic E-state index is -3.27. The lowest BCUT2D eigenvalue weighted by Crippen LogP contribution is -2.54. The molecule has 1 aromatic heterocycles. The molecule has 0 unspecified atom stereocenters. The fraction of sp³-hybridized carbons (Fsp3) is 0.500. The van der Waals surface area contributed by atoms with Gasteiger partial charge in [-0.05, 0) is 12.1 Å². The highest BCUT2D eigenvalue weighted by atomic mass is 32.2. The molecule has 1 aromatic rings. The van der Waals surface area contributed by atoms with Gasteiger partial charge in [0, 0.05) is 12.6 Å². The molecule has 3 heterocycles. The molecular weight excluding hydrogens is 230 g/mol. The van der Waals surface area contributed by atoms with E-state index in [1.165, 1.54) is 12.3 Å². The minimum absolute atomic E-state index is 0.0923. The Hall–Kier alpha value is -1.14. The van der Waals surface area contributed by atoms with Crippen LogP contribution in [-0.2, 0) is 14.6 Å². The van der Waals surface area contributed by atoms with Crippen molar-refractivity contribution in [2.45, 2.75) is 16.9 Å². The van der Waals surface area contributed by atoms with Crippen LogP contribution in [-0.4, -0.2) is 38.0 Å². The summed E-state index contributed by atoms with van der Waals surface area (Å²) in [5, 5.41) is 0. The van der Waals surface area contributed by atoms with Crippen LogP contribution in [0.15, 0.2) is 23.2 Å². The molecule has 2 aliphatic heterocycles. The van der Waals surface area contributed by atoms with Gasteiger partial charge in [-0.3, -0.25) is 0 Å². The zero-order valence-corrected chi connectivity index (χ0v) is 9.37. The van der Waals surface area contributed by atoms with Crippen LogP contribution in [0, 0.1) is 0 Å². The second kappa shape index (κ2) is 3.18. The number of rotatable bonds is 0. The molecule has 5 nitrogen and oxygen atoms in total. The van der Waals surface area contributed by atoms with Crippen LogP contribution < -0.4 is 4.74 Å². The Morgan fingerprint density at radius 3 is 2.88 bits per heavy atom. The van der Waals surface area contributed by atoms with Gasteiger partial charge in [-0.25, -0.2) is 13.4 Å². The summed E-state index contributed by atoms with van der Waals surface area (Å²) in [6.45, 7) is 0.886. The first-order valence-electron chi connectivity index (χ1n) is 5.06. The molecular formula is C10H11NO4S. The van der Waals surface area contributed by atoms with E-state index in [0.717, 1.165) is 0 Å². The Morgan fingerprint density at radius 2 is 2.19 bits per heavy atom. The molecule has 0 aliphatic carbocycles. The largest absolute Gasteiger partial charge is 0.465 e. The molecule has 1 fully saturated rings. The summed E-state index contributed by atoms with van der Waals surface area (Å²) in [4.78, 5) is 4.19. The third-order valence-corrected chi connectivity index (χ3v) is 4.66.